The first-order chi connectivity index (χ1) is 3.00. The monoisotopic (exact) mass is 88.1 g/mol. The molecule has 0 bridgehead atoms. The van der Waals surface area contributed by atoms with Gasteiger partial charge in [-0.05, 0) is 0 Å². The first kappa shape index (κ1) is 16.7. The topological polar surface area (TPSA) is 46.1 Å². The summed E-state index contributed by atoms with van der Waals surface area (Å²) in [5.74, 6) is 0. The molecule has 0 unspecified atom stereocenters. The van der Waals surface area contributed by atoms with E-state index in [0.29, 0.717) is 0 Å². The summed E-state index contributed by atoms with van der Waals surface area (Å²) in [5, 5.41) is 16.5. The molecule has 0 amide bonds. The average Bonchev–Trinajstić information content (AvgIpc) is 1.81. The second-order valence-corrected chi connectivity index (χ2v) is 0. The Morgan fingerprint density at radius 1 is 0.833 bits per heavy atom. The van der Waals surface area contributed by atoms with Gasteiger partial charge >= 0.3 is 14.7 Å². The van der Waals surface area contributed by atoms with Gasteiger partial charge in [-0.1, -0.05) is 0 Å². The molecule has 0 fully saturated rings. The Morgan fingerprint density at radius 3 is 0.833 bits per heavy atom. The molecule has 0 atom stereocenters. The van der Waals surface area contributed by atoms with Crippen molar-refractivity contribution < 1.29 is 10.2 Å². The number of rotatable bonds is 0. The van der Waals surface area contributed by atoms with Crippen LogP contribution in [0, 0.1) is 0 Å². The van der Waals surface area contributed by atoms with Crippen LogP contribution >= 0.6 is 0 Å². The Morgan fingerprint density at radius 2 is 0.833 bits per heavy atom. The van der Waals surface area contributed by atoms with Crippen LogP contribution in [0.15, 0.2) is 0 Å². The molecular weight excluding hydrogens is 78.8 g/mol. The zero-order valence-corrected chi connectivity index (χ0v) is 4.39. The standard InChI is InChI=1S/CH3B.2CH3O/c3*1-2/h3*1H3/q+2;2*-1. The van der Waals surface area contributed by atoms with Gasteiger partial charge in [0.25, 0.3) is 0 Å². The van der Waals surface area contributed by atoms with Gasteiger partial charge in [0, 0.05) is 0 Å². The molecule has 0 aromatic heterocycles. The van der Waals surface area contributed by atoms with Crippen LogP contribution in [-0.2, 0) is 0 Å². The fourth-order valence-corrected chi connectivity index (χ4v) is 0. The van der Waals surface area contributed by atoms with Crippen molar-refractivity contribution >= 4 is 7.85 Å². The summed E-state index contributed by atoms with van der Waals surface area (Å²) in [6, 6.07) is 0. The van der Waals surface area contributed by atoms with Gasteiger partial charge in [0.2, 0.25) is 0 Å². The summed E-state index contributed by atoms with van der Waals surface area (Å²) in [6.07, 6.45) is 0. The van der Waals surface area contributed by atoms with Gasteiger partial charge in [-0.2, -0.15) is 14.2 Å². The van der Waals surface area contributed by atoms with Gasteiger partial charge in [-0.15, -0.1) is 0 Å². The molecule has 0 aliphatic carbocycles. The molecule has 0 saturated heterocycles. The van der Waals surface area contributed by atoms with E-state index in [1.54, 1.807) is 0 Å². The molecular formula is C3H9BO2. The molecule has 0 saturated carbocycles. The SMILES string of the molecule is C[O-].C[O-].[B+2]C. The molecule has 0 heterocycles. The van der Waals surface area contributed by atoms with Crippen LogP contribution in [-0.4, -0.2) is 22.1 Å². The van der Waals surface area contributed by atoms with E-state index in [0.717, 1.165) is 14.2 Å². The van der Waals surface area contributed by atoms with Gasteiger partial charge in [0.1, 0.15) is 0 Å². The maximum atomic E-state index is 8.25. The Kier molecular flexibility index (Phi) is 970000. The predicted molar refractivity (Wildman–Crippen MR) is 23.5 cm³/mol. The molecule has 2 nitrogen and oxygen atoms in total. The van der Waals surface area contributed by atoms with Crippen molar-refractivity contribution in [2.75, 3.05) is 14.2 Å². The van der Waals surface area contributed by atoms with E-state index in [4.69, 9.17) is 10.2 Å². The van der Waals surface area contributed by atoms with Crippen molar-refractivity contribution in [2.24, 2.45) is 0 Å². The molecule has 0 aromatic rings. The van der Waals surface area contributed by atoms with Gasteiger partial charge in [0.15, 0.2) is 0 Å². The molecule has 0 aliphatic rings. The van der Waals surface area contributed by atoms with Gasteiger partial charge < -0.3 is 10.2 Å². The minimum absolute atomic E-state index is 0.750. The quantitative estimate of drug-likeness (QED) is 0.326. The van der Waals surface area contributed by atoms with E-state index in [2.05, 4.69) is 7.85 Å². The molecule has 0 spiro atoms. The van der Waals surface area contributed by atoms with E-state index >= 15 is 0 Å². The van der Waals surface area contributed by atoms with Gasteiger partial charge in [0.05, 0.1) is 0 Å². The fourth-order valence-electron chi connectivity index (χ4n) is 0. The van der Waals surface area contributed by atoms with Crippen LogP contribution in [0.25, 0.3) is 0 Å². The predicted octanol–water partition coefficient (Wildman–Crippen LogP) is -1.84. The second-order valence-electron chi connectivity index (χ2n) is 0. The van der Waals surface area contributed by atoms with Crippen molar-refractivity contribution in [3.8, 4) is 0 Å². The van der Waals surface area contributed by atoms with Crippen LogP contribution < -0.4 is 10.2 Å². The Bertz CT molecular complexity index is 8.75. The van der Waals surface area contributed by atoms with Gasteiger partial charge in [-0.25, -0.2) is 0 Å². The molecule has 0 rings (SSSR count). The molecule has 0 aromatic carbocycles. The maximum absolute atomic E-state index is 8.25. The zero-order valence-electron chi connectivity index (χ0n) is 4.39. The van der Waals surface area contributed by atoms with Crippen LogP contribution in [0.5, 0.6) is 0 Å². The summed E-state index contributed by atoms with van der Waals surface area (Å²) in [7, 11) is 6.00. The average molecular weight is 87.9 g/mol. The van der Waals surface area contributed by atoms with Crippen molar-refractivity contribution in [1.29, 1.82) is 0 Å². The van der Waals surface area contributed by atoms with E-state index in [1.165, 1.54) is 6.82 Å². The molecule has 0 N–H and O–H groups in total. The molecule has 0 aliphatic heterocycles. The second kappa shape index (κ2) is 349000. The third-order valence-corrected chi connectivity index (χ3v) is 0. The molecule has 3 heteroatoms. The number of hydrogen-bond acceptors (Lipinski definition) is 2. The zero-order chi connectivity index (χ0) is 6.00. The first-order valence-electron chi connectivity index (χ1n) is 1.39. The van der Waals surface area contributed by atoms with E-state index in [1.807, 2.05) is 0 Å². The fraction of sp³-hybridized carbons (Fsp3) is 1.00. The Labute approximate surface area is 40.2 Å². The third kappa shape index (κ3) is 156000. The summed E-state index contributed by atoms with van der Waals surface area (Å²) < 4.78 is 0. The molecule has 6 heavy (non-hydrogen) atoms. The van der Waals surface area contributed by atoms with Crippen LogP contribution in [0.2, 0.25) is 6.82 Å². The van der Waals surface area contributed by atoms with E-state index in [9.17, 15) is 0 Å². The van der Waals surface area contributed by atoms with Crippen molar-refractivity contribution in [3.05, 3.63) is 0 Å². The minimum atomic E-state index is 0.750. The first-order valence-corrected chi connectivity index (χ1v) is 1.39. The third-order valence-electron chi connectivity index (χ3n) is 0. The summed E-state index contributed by atoms with van der Waals surface area (Å²) >= 11 is 0. The van der Waals surface area contributed by atoms with Gasteiger partial charge in [-0.3, -0.25) is 0 Å². The van der Waals surface area contributed by atoms with Crippen LogP contribution in [0.3, 0.4) is 0 Å². The van der Waals surface area contributed by atoms with Crippen molar-refractivity contribution in [3.63, 3.8) is 0 Å². The molecule has 0 radical (unpaired) electrons. The summed E-state index contributed by atoms with van der Waals surface area (Å²) in [6.45, 7) is 1.50. The molecule has 36 valence electrons. The van der Waals surface area contributed by atoms with Crippen LogP contribution in [0.4, 0.5) is 0 Å². The van der Waals surface area contributed by atoms with Crippen molar-refractivity contribution in [2.45, 2.75) is 6.82 Å². The van der Waals surface area contributed by atoms with E-state index < -0.39 is 0 Å². The summed E-state index contributed by atoms with van der Waals surface area (Å²) in [4.78, 5) is 0. The Hall–Kier alpha value is -0.0151. The summed E-state index contributed by atoms with van der Waals surface area (Å²) in [5.41, 5.74) is 0. The number of hydrogen-bond donors (Lipinski definition) is 0. The van der Waals surface area contributed by atoms with Crippen LogP contribution in [0.1, 0.15) is 0 Å². The van der Waals surface area contributed by atoms with Crippen molar-refractivity contribution in [1.82, 2.24) is 0 Å². The Balaban J connectivity index is -0.0000000225. The van der Waals surface area contributed by atoms with E-state index in [-0.39, 0.29) is 0 Å². The normalized spacial score (nSPS) is 3.17.